The van der Waals surface area contributed by atoms with E-state index in [4.69, 9.17) is 0 Å². The van der Waals surface area contributed by atoms with Gasteiger partial charge in [-0.15, -0.1) is 0 Å². The van der Waals surface area contributed by atoms with Gasteiger partial charge in [-0.2, -0.15) is 0 Å². The Morgan fingerprint density at radius 1 is 1.25 bits per heavy atom. The van der Waals surface area contributed by atoms with Gasteiger partial charge in [-0.3, -0.25) is 14.5 Å². The molecule has 1 aromatic carbocycles. The van der Waals surface area contributed by atoms with Gasteiger partial charge in [0.15, 0.2) is 0 Å². The molecule has 0 spiro atoms. The Balaban J connectivity index is 2.28. The lowest BCUT2D eigenvalue weighted by molar-refractivity contribution is -0.157. The standard InChI is InChI=1S/C13H15NO2/c1-9-11(15)14(13(9,2)3)12(16)10-7-5-4-6-8-10/h4-9H,1-3H3. The quantitative estimate of drug-likeness (QED) is 0.533. The number of carbonyl (C=O) groups is 2. The number of imide groups is 1. The van der Waals surface area contributed by atoms with Crippen molar-refractivity contribution < 1.29 is 9.59 Å². The summed E-state index contributed by atoms with van der Waals surface area (Å²) in [5.74, 6) is -0.368. The van der Waals surface area contributed by atoms with E-state index in [1.54, 1.807) is 24.3 Å². The predicted molar refractivity (Wildman–Crippen MR) is 60.9 cm³/mol. The molecule has 16 heavy (non-hydrogen) atoms. The molecule has 2 rings (SSSR count). The number of β-lactam (4-membered cyclic amide) rings is 1. The van der Waals surface area contributed by atoms with E-state index in [2.05, 4.69) is 0 Å². The fourth-order valence-electron chi connectivity index (χ4n) is 1.98. The molecule has 0 saturated carbocycles. The second-order valence-electron chi connectivity index (χ2n) is 4.72. The van der Waals surface area contributed by atoms with Crippen LogP contribution in [0.3, 0.4) is 0 Å². The molecule has 1 atom stereocenters. The van der Waals surface area contributed by atoms with Gasteiger partial charge < -0.3 is 0 Å². The number of benzene rings is 1. The van der Waals surface area contributed by atoms with Crippen LogP contribution in [0.4, 0.5) is 0 Å². The molecule has 3 nitrogen and oxygen atoms in total. The highest BCUT2D eigenvalue weighted by Crippen LogP contribution is 2.37. The highest BCUT2D eigenvalue weighted by molar-refractivity contribution is 6.09. The van der Waals surface area contributed by atoms with Crippen LogP contribution in [0.15, 0.2) is 30.3 Å². The van der Waals surface area contributed by atoms with Crippen molar-refractivity contribution in [2.24, 2.45) is 5.92 Å². The molecular formula is C13H15NO2. The lowest BCUT2D eigenvalue weighted by Crippen LogP contribution is -2.68. The summed E-state index contributed by atoms with van der Waals surface area (Å²) in [6, 6.07) is 8.91. The van der Waals surface area contributed by atoms with Crippen LogP contribution in [0.2, 0.25) is 0 Å². The Morgan fingerprint density at radius 3 is 2.31 bits per heavy atom. The van der Waals surface area contributed by atoms with Crippen LogP contribution in [-0.2, 0) is 4.79 Å². The number of rotatable bonds is 1. The number of carbonyl (C=O) groups excluding carboxylic acids is 2. The first-order valence-electron chi connectivity index (χ1n) is 5.39. The molecule has 1 saturated heterocycles. The molecule has 1 aromatic rings. The minimum Gasteiger partial charge on any atom is -0.274 e. The van der Waals surface area contributed by atoms with Crippen LogP contribution in [0.1, 0.15) is 31.1 Å². The van der Waals surface area contributed by atoms with Gasteiger partial charge >= 0.3 is 0 Å². The molecule has 2 amide bonds. The normalized spacial score (nSPS) is 22.8. The maximum Gasteiger partial charge on any atom is 0.260 e. The van der Waals surface area contributed by atoms with Crippen molar-refractivity contribution >= 4 is 11.8 Å². The Kier molecular flexibility index (Phi) is 2.34. The number of nitrogens with zero attached hydrogens (tertiary/aromatic N) is 1. The zero-order valence-electron chi connectivity index (χ0n) is 9.73. The van der Waals surface area contributed by atoms with Crippen LogP contribution in [0.5, 0.6) is 0 Å². The van der Waals surface area contributed by atoms with E-state index < -0.39 is 0 Å². The van der Waals surface area contributed by atoms with Crippen molar-refractivity contribution in [1.29, 1.82) is 0 Å². The smallest absolute Gasteiger partial charge is 0.260 e. The van der Waals surface area contributed by atoms with Crippen molar-refractivity contribution in [2.45, 2.75) is 26.3 Å². The van der Waals surface area contributed by atoms with Gasteiger partial charge in [-0.25, -0.2) is 0 Å². The maximum atomic E-state index is 12.1. The number of amides is 2. The summed E-state index contributed by atoms with van der Waals surface area (Å²) in [6.45, 7) is 5.69. The molecule has 0 bridgehead atoms. The van der Waals surface area contributed by atoms with Gasteiger partial charge in [-0.1, -0.05) is 25.1 Å². The molecule has 0 aromatic heterocycles. The molecule has 1 unspecified atom stereocenters. The highest BCUT2D eigenvalue weighted by Gasteiger charge is 2.54. The summed E-state index contributed by atoms with van der Waals surface area (Å²) in [5.41, 5.74) is 0.195. The average molecular weight is 217 g/mol. The number of hydrogen-bond donors (Lipinski definition) is 0. The Bertz CT molecular complexity index is 437. The molecule has 0 radical (unpaired) electrons. The summed E-state index contributed by atoms with van der Waals surface area (Å²) in [4.78, 5) is 25.2. The second kappa shape index (κ2) is 3.44. The van der Waals surface area contributed by atoms with Crippen LogP contribution < -0.4 is 0 Å². The topological polar surface area (TPSA) is 37.4 Å². The van der Waals surface area contributed by atoms with Crippen molar-refractivity contribution in [1.82, 2.24) is 4.90 Å². The first kappa shape index (κ1) is 10.9. The average Bonchev–Trinajstić information content (AvgIpc) is 2.29. The zero-order chi connectivity index (χ0) is 11.9. The summed E-state index contributed by atoms with van der Waals surface area (Å²) < 4.78 is 0. The van der Waals surface area contributed by atoms with E-state index in [-0.39, 0.29) is 23.3 Å². The zero-order valence-corrected chi connectivity index (χ0v) is 9.73. The number of likely N-dealkylation sites (tertiary alicyclic amines) is 1. The third-order valence-electron chi connectivity index (χ3n) is 3.45. The van der Waals surface area contributed by atoms with E-state index in [1.807, 2.05) is 26.8 Å². The summed E-state index contributed by atoms with van der Waals surface area (Å²) in [7, 11) is 0. The molecule has 1 heterocycles. The Morgan fingerprint density at radius 2 is 1.81 bits per heavy atom. The van der Waals surface area contributed by atoms with E-state index in [1.165, 1.54) is 4.90 Å². The highest BCUT2D eigenvalue weighted by atomic mass is 16.2. The number of hydrogen-bond acceptors (Lipinski definition) is 2. The SMILES string of the molecule is CC1C(=O)N(C(=O)c2ccccc2)C1(C)C. The molecule has 1 aliphatic rings. The first-order chi connectivity index (χ1) is 7.46. The van der Waals surface area contributed by atoms with Crippen molar-refractivity contribution in [3.05, 3.63) is 35.9 Å². The van der Waals surface area contributed by atoms with Crippen LogP contribution in [-0.4, -0.2) is 22.3 Å². The van der Waals surface area contributed by atoms with Gasteiger partial charge in [0.1, 0.15) is 0 Å². The fourth-order valence-corrected chi connectivity index (χ4v) is 1.98. The lowest BCUT2D eigenvalue weighted by atomic mass is 9.77. The summed E-state index contributed by atoms with van der Waals surface area (Å²) in [5, 5.41) is 0. The van der Waals surface area contributed by atoms with Crippen LogP contribution in [0, 0.1) is 5.92 Å². The molecule has 0 N–H and O–H groups in total. The summed E-state index contributed by atoms with van der Waals surface area (Å²) >= 11 is 0. The van der Waals surface area contributed by atoms with Crippen LogP contribution in [0.25, 0.3) is 0 Å². The first-order valence-corrected chi connectivity index (χ1v) is 5.39. The van der Waals surface area contributed by atoms with Crippen molar-refractivity contribution in [3.63, 3.8) is 0 Å². The molecule has 84 valence electrons. The minimum atomic E-state index is -0.371. The Labute approximate surface area is 95.1 Å². The third kappa shape index (κ3) is 1.35. The monoisotopic (exact) mass is 217 g/mol. The lowest BCUT2D eigenvalue weighted by Gasteiger charge is -2.51. The van der Waals surface area contributed by atoms with Crippen molar-refractivity contribution in [2.75, 3.05) is 0 Å². The summed E-state index contributed by atoms with van der Waals surface area (Å²) in [6.07, 6.45) is 0. The van der Waals surface area contributed by atoms with Crippen LogP contribution >= 0.6 is 0 Å². The minimum absolute atomic E-state index is 0.0832. The molecular weight excluding hydrogens is 202 g/mol. The van der Waals surface area contributed by atoms with Gasteiger partial charge in [0, 0.05) is 5.56 Å². The van der Waals surface area contributed by atoms with Gasteiger partial charge in [-0.05, 0) is 26.0 Å². The maximum absolute atomic E-state index is 12.1. The second-order valence-corrected chi connectivity index (χ2v) is 4.72. The molecule has 1 fully saturated rings. The van der Waals surface area contributed by atoms with E-state index >= 15 is 0 Å². The van der Waals surface area contributed by atoms with E-state index in [9.17, 15) is 9.59 Å². The molecule has 3 heteroatoms. The predicted octanol–water partition coefficient (Wildman–Crippen LogP) is 2.08. The molecule has 1 aliphatic heterocycles. The van der Waals surface area contributed by atoms with Gasteiger partial charge in [0.05, 0.1) is 11.5 Å². The van der Waals surface area contributed by atoms with Crippen molar-refractivity contribution in [3.8, 4) is 0 Å². The van der Waals surface area contributed by atoms with E-state index in [0.29, 0.717) is 5.56 Å². The molecule has 0 aliphatic carbocycles. The van der Waals surface area contributed by atoms with Gasteiger partial charge in [0.2, 0.25) is 5.91 Å². The largest absolute Gasteiger partial charge is 0.274 e. The Hall–Kier alpha value is -1.64. The fraction of sp³-hybridized carbons (Fsp3) is 0.385. The van der Waals surface area contributed by atoms with E-state index in [0.717, 1.165) is 0 Å². The van der Waals surface area contributed by atoms with Gasteiger partial charge in [0.25, 0.3) is 5.91 Å². The third-order valence-corrected chi connectivity index (χ3v) is 3.45.